The number of ether oxygens (including phenoxy) is 1. The molecule has 0 heterocycles. The second kappa shape index (κ2) is 5.99. The number of aliphatic hydroxyl groups is 1. The van der Waals surface area contributed by atoms with E-state index >= 15 is 0 Å². The molecule has 2 unspecified atom stereocenters. The van der Waals surface area contributed by atoms with Gasteiger partial charge in [0.2, 0.25) is 0 Å². The zero-order chi connectivity index (χ0) is 13.8. The van der Waals surface area contributed by atoms with Crippen LogP contribution in [-0.2, 0) is 6.54 Å². The Balaban J connectivity index is 2.17. The number of nitrogens with two attached hydrogens (primary N) is 1. The molecule has 1 fully saturated rings. The summed E-state index contributed by atoms with van der Waals surface area (Å²) in [5.41, 5.74) is 6.18. The van der Waals surface area contributed by atoms with E-state index in [1.165, 1.54) is 12.1 Å². The summed E-state index contributed by atoms with van der Waals surface area (Å²) in [5.74, 6) is 0.527. The van der Waals surface area contributed by atoms with Crippen LogP contribution in [-0.4, -0.2) is 22.2 Å². The maximum Gasteiger partial charge on any atom is 0.270 e. The smallest absolute Gasteiger partial charge is 0.270 e. The highest BCUT2D eigenvalue weighted by atomic mass is 16.6. The normalized spacial score (nSPS) is 23.1. The van der Waals surface area contributed by atoms with Gasteiger partial charge in [-0.1, -0.05) is 6.42 Å². The number of nitro benzene ring substituents is 1. The monoisotopic (exact) mass is 266 g/mol. The van der Waals surface area contributed by atoms with Gasteiger partial charge in [-0.05, 0) is 25.3 Å². The van der Waals surface area contributed by atoms with Crippen molar-refractivity contribution in [3.63, 3.8) is 0 Å². The maximum absolute atomic E-state index is 10.7. The van der Waals surface area contributed by atoms with Crippen molar-refractivity contribution in [3.8, 4) is 5.75 Å². The van der Waals surface area contributed by atoms with Gasteiger partial charge < -0.3 is 15.6 Å². The molecule has 0 saturated heterocycles. The Morgan fingerprint density at radius 1 is 1.42 bits per heavy atom. The van der Waals surface area contributed by atoms with Crippen LogP contribution < -0.4 is 10.5 Å². The lowest BCUT2D eigenvalue weighted by Crippen LogP contribution is -2.34. The molecule has 6 heteroatoms. The first-order valence-electron chi connectivity index (χ1n) is 6.44. The van der Waals surface area contributed by atoms with Crippen molar-refractivity contribution < 1.29 is 14.8 Å². The Labute approximate surface area is 111 Å². The lowest BCUT2D eigenvalue weighted by Gasteiger charge is -2.28. The number of nitrogens with zero attached hydrogens (tertiary/aromatic N) is 1. The maximum atomic E-state index is 10.7. The van der Waals surface area contributed by atoms with Crippen LogP contribution in [0.3, 0.4) is 0 Å². The first-order chi connectivity index (χ1) is 9.11. The third-order valence-corrected chi connectivity index (χ3v) is 3.42. The van der Waals surface area contributed by atoms with Gasteiger partial charge >= 0.3 is 0 Å². The zero-order valence-corrected chi connectivity index (χ0v) is 10.6. The number of hydrogen-bond donors (Lipinski definition) is 2. The van der Waals surface area contributed by atoms with Gasteiger partial charge in [-0.15, -0.1) is 0 Å². The van der Waals surface area contributed by atoms with E-state index in [1.54, 1.807) is 6.07 Å². The van der Waals surface area contributed by atoms with E-state index in [9.17, 15) is 15.2 Å². The fraction of sp³-hybridized carbons (Fsp3) is 0.538. The van der Waals surface area contributed by atoms with Crippen LogP contribution in [0.5, 0.6) is 5.75 Å². The van der Waals surface area contributed by atoms with Crippen molar-refractivity contribution >= 4 is 5.69 Å². The second-order valence-corrected chi connectivity index (χ2v) is 4.76. The molecule has 0 aliphatic heterocycles. The topological polar surface area (TPSA) is 98.6 Å². The lowest BCUT2D eigenvalue weighted by molar-refractivity contribution is -0.384. The molecular formula is C13H18N2O4. The summed E-state index contributed by atoms with van der Waals surface area (Å²) in [6.45, 7) is 0.166. The van der Waals surface area contributed by atoms with Gasteiger partial charge in [0.1, 0.15) is 11.9 Å². The van der Waals surface area contributed by atoms with Gasteiger partial charge in [0, 0.05) is 24.2 Å². The third-order valence-electron chi connectivity index (χ3n) is 3.42. The van der Waals surface area contributed by atoms with Gasteiger partial charge in [0.25, 0.3) is 5.69 Å². The van der Waals surface area contributed by atoms with Gasteiger partial charge in [0.15, 0.2) is 0 Å². The standard InChI is InChI=1S/C13H18N2O4/c14-8-9-7-10(15(17)18)5-6-12(9)19-13-4-2-1-3-11(13)16/h5-7,11,13,16H,1-4,8,14H2. The number of nitro groups is 1. The SMILES string of the molecule is NCc1cc([N+](=O)[O-])ccc1OC1CCCCC1O. The molecule has 1 saturated carbocycles. The lowest BCUT2D eigenvalue weighted by atomic mass is 9.95. The van der Waals surface area contributed by atoms with Crippen LogP contribution in [0, 0.1) is 10.1 Å². The first-order valence-corrected chi connectivity index (χ1v) is 6.44. The molecule has 104 valence electrons. The number of rotatable bonds is 4. The largest absolute Gasteiger partial charge is 0.487 e. The minimum Gasteiger partial charge on any atom is -0.487 e. The summed E-state index contributed by atoms with van der Waals surface area (Å²) < 4.78 is 5.77. The van der Waals surface area contributed by atoms with Crippen molar-refractivity contribution in [2.24, 2.45) is 5.73 Å². The molecule has 0 amide bonds. The van der Waals surface area contributed by atoms with Crippen molar-refractivity contribution in [3.05, 3.63) is 33.9 Å². The van der Waals surface area contributed by atoms with Crippen LogP contribution >= 0.6 is 0 Å². The molecule has 1 aliphatic rings. The van der Waals surface area contributed by atoms with Crippen molar-refractivity contribution in [1.29, 1.82) is 0 Å². The van der Waals surface area contributed by atoms with Crippen molar-refractivity contribution in [2.75, 3.05) is 0 Å². The highest BCUT2D eigenvalue weighted by Gasteiger charge is 2.25. The molecule has 0 radical (unpaired) electrons. The predicted molar refractivity (Wildman–Crippen MR) is 69.9 cm³/mol. The molecule has 0 bridgehead atoms. The number of benzene rings is 1. The number of aliphatic hydroxyl groups excluding tert-OH is 1. The highest BCUT2D eigenvalue weighted by molar-refractivity contribution is 5.43. The van der Waals surface area contributed by atoms with Crippen LogP contribution in [0.1, 0.15) is 31.2 Å². The Kier molecular flexibility index (Phi) is 4.34. The molecule has 1 aromatic carbocycles. The summed E-state index contributed by atoms with van der Waals surface area (Å²) in [7, 11) is 0. The van der Waals surface area contributed by atoms with Gasteiger partial charge in [-0.3, -0.25) is 10.1 Å². The molecule has 0 spiro atoms. The van der Waals surface area contributed by atoms with Gasteiger partial charge in [0.05, 0.1) is 11.0 Å². The van der Waals surface area contributed by atoms with Gasteiger partial charge in [-0.25, -0.2) is 0 Å². The molecule has 3 N–H and O–H groups in total. The van der Waals surface area contributed by atoms with Crippen LogP contribution in [0.2, 0.25) is 0 Å². The van der Waals surface area contributed by atoms with E-state index in [2.05, 4.69) is 0 Å². The van der Waals surface area contributed by atoms with Crippen molar-refractivity contribution in [2.45, 2.75) is 44.4 Å². The quantitative estimate of drug-likeness (QED) is 0.638. The summed E-state index contributed by atoms with van der Waals surface area (Å²) in [6.07, 6.45) is 2.82. The van der Waals surface area contributed by atoms with Crippen LogP contribution in [0.4, 0.5) is 5.69 Å². The minimum atomic E-state index is -0.477. The number of hydrogen-bond acceptors (Lipinski definition) is 5. The molecule has 2 atom stereocenters. The van der Waals surface area contributed by atoms with E-state index < -0.39 is 11.0 Å². The average Bonchev–Trinajstić information content (AvgIpc) is 2.41. The zero-order valence-electron chi connectivity index (χ0n) is 10.6. The molecule has 1 aliphatic carbocycles. The van der Waals surface area contributed by atoms with E-state index in [0.717, 1.165) is 25.7 Å². The van der Waals surface area contributed by atoms with Gasteiger partial charge in [-0.2, -0.15) is 0 Å². The fourth-order valence-electron chi connectivity index (χ4n) is 2.33. The van der Waals surface area contributed by atoms with Crippen LogP contribution in [0.25, 0.3) is 0 Å². The third kappa shape index (κ3) is 3.21. The highest BCUT2D eigenvalue weighted by Crippen LogP contribution is 2.28. The summed E-state index contributed by atoms with van der Waals surface area (Å²) in [5, 5.41) is 20.6. The predicted octanol–water partition coefficient (Wildman–Crippen LogP) is 1.74. The minimum absolute atomic E-state index is 0.00278. The second-order valence-electron chi connectivity index (χ2n) is 4.76. The fourth-order valence-corrected chi connectivity index (χ4v) is 2.33. The average molecular weight is 266 g/mol. The van der Waals surface area contributed by atoms with E-state index in [4.69, 9.17) is 10.5 Å². The molecular weight excluding hydrogens is 248 g/mol. The summed E-state index contributed by atoms with van der Waals surface area (Å²) >= 11 is 0. The Hall–Kier alpha value is -1.66. The Morgan fingerprint density at radius 2 is 2.16 bits per heavy atom. The summed E-state index contributed by atoms with van der Waals surface area (Å²) in [6, 6.07) is 4.37. The summed E-state index contributed by atoms with van der Waals surface area (Å²) in [4.78, 5) is 10.2. The van der Waals surface area contributed by atoms with Crippen LogP contribution in [0.15, 0.2) is 18.2 Å². The van der Waals surface area contributed by atoms with E-state index in [0.29, 0.717) is 11.3 Å². The van der Waals surface area contributed by atoms with E-state index in [1.807, 2.05) is 0 Å². The molecule has 2 rings (SSSR count). The molecule has 19 heavy (non-hydrogen) atoms. The van der Waals surface area contributed by atoms with Crippen molar-refractivity contribution in [1.82, 2.24) is 0 Å². The Bertz CT molecular complexity index is 464. The first kappa shape index (κ1) is 13.8. The molecule has 6 nitrogen and oxygen atoms in total. The van der Waals surface area contributed by atoms with E-state index in [-0.39, 0.29) is 18.3 Å². The molecule has 1 aromatic rings. The number of non-ortho nitro benzene ring substituents is 1. The molecule has 0 aromatic heterocycles. The Morgan fingerprint density at radius 3 is 2.79 bits per heavy atom.